The molecule has 13 heavy (non-hydrogen) atoms. The Hall–Kier alpha value is -0.170. The number of hydrogen-bond acceptors (Lipinski definition) is 5. The summed E-state index contributed by atoms with van der Waals surface area (Å²) in [5.41, 5.74) is 0. The maximum absolute atomic E-state index is 11.0. The number of aliphatic hydroxyl groups is 2. The molecule has 0 spiro atoms. The molecule has 1 heterocycles. The van der Waals surface area contributed by atoms with Crippen LogP contribution in [0.2, 0.25) is 0 Å². The average molecular weight is 209 g/mol. The highest BCUT2D eigenvalue weighted by Gasteiger charge is 2.28. The topological polar surface area (TPSA) is 86.6 Å². The molecule has 78 valence electrons. The summed E-state index contributed by atoms with van der Waals surface area (Å²) in [6, 6.07) is -0.521. The van der Waals surface area contributed by atoms with Gasteiger partial charge >= 0.3 is 0 Å². The van der Waals surface area contributed by atoms with E-state index in [4.69, 9.17) is 10.2 Å². The van der Waals surface area contributed by atoms with E-state index in [0.29, 0.717) is 6.42 Å². The molecule has 0 aromatic carbocycles. The molecule has 3 N–H and O–H groups in total. The summed E-state index contributed by atoms with van der Waals surface area (Å²) in [6.45, 7) is -0.347. The second-order valence-corrected chi connectivity index (χ2v) is 5.56. The lowest BCUT2D eigenvalue weighted by molar-refractivity contribution is 0.164. The zero-order valence-corrected chi connectivity index (χ0v) is 8.13. The van der Waals surface area contributed by atoms with E-state index < -0.39 is 15.9 Å². The van der Waals surface area contributed by atoms with Crippen LogP contribution in [-0.4, -0.2) is 55.4 Å². The third-order valence-corrected chi connectivity index (χ3v) is 3.91. The Morgan fingerprint density at radius 3 is 2.38 bits per heavy atom. The highest BCUT2D eigenvalue weighted by Crippen LogP contribution is 2.11. The van der Waals surface area contributed by atoms with Gasteiger partial charge in [0.2, 0.25) is 0 Å². The quantitative estimate of drug-likeness (QED) is 0.504. The van der Waals surface area contributed by atoms with Crippen molar-refractivity contribution in [3.8, 4) is 0 Å². The van der Waals surface area contributed by atoms with Crippen molar-refractivity contribution in [2.45, 2.75) is 18.5 Å². The lowest BCUT2D eigenvalue weighted by Gasteiger charge is -2.17. The molecule has 1 aliphatic rings. The summed E-state index contributed by atoms with van der Waals surface area (Å²) < 4.78 is 22.1. The van der Waals surface area contributed by atoms with Crippen LogP contribution in [0.25, 0.3) is 0 Å². The summed E-state index contributed by atoms with van der Waals surface area (Å²) in [4.78, 5) is 0. The van der Waals surface area contributed by atoms with Gasteiger partial charge in [-0.2, -0.15) is 0 Å². The van der Waals surface area contributed by atoms with E-state index in [-0.39, 0.29) is 30.8 Å². The molecule has 0 aromatic heterocycles. The fourth-order valence-electron chi connectivity index (χ4n) is 1.42. The first-order chi connectivity index (χ1) is 6.07. The summed E-state index contributed by atoms with van der Waals surface area (Å²) in [7, 11) is -2.88. The second kappa shape index (κ2) is 4.36. The average Bonchev–Trinajstić information content (AvgIpc) is 2.41. The van der Waals surface area contributed by atoms with Crippen molar-refractivity contribution in [2.24, 2.45) is 0 Å². The Balaban J connectivity index is 2.39. The molecule has 1 rings (SSSR count). The minimum absolute atomic E-state index is 0.115. The van der Waals surface area contributed by atoms with E-state index in [1.54, 1.807) is 0 Å². The zero-order chi connectivity index (χ0) is 9.90. The van der Waals surface area contributed by atoms with Crippen LogP contribution in [0, 0.1) is 0 Å². The molecule has 0 saturated carbocycles. The number of aliphatic hydroxyl groups excluding tert-OH is 2. The minimum atomic E-state index is -2.88. The van der Waals surface area contributed by atoms with Crippen molar-refractivity contribution in [1.82, 2.24) is 5.32 Å². The van der Waals surface area contributed by atoms with Gasteiger partial charge in [-0.25, -0.2) is 8.42 Å². The molecule has 1 unspecified atom stereocenters. The van der Waals surface area contributed by atoms with Gasteiger partial charge in [0.25, 0.3) is 0 Å². The first kappa shape index (κ1) is 10.9. The van der Waals surface area contributed by atoms with Crippen LogP contribution >= 0.6 is 0 Å². The zero-order valence-electron chi connectivity index (χ0n) is 7.31. The third-order valence-electron chi connectivity index (χ3n) is 2.14. The third kappa shape index (κ3) is 3.22. The van der Waals surface area contributed by atoms with Crippen molar-refractivity contribution < 1.29 is 18.6 Å². The molecule has 1 saturated heterocycles. The smallest absolute Gasteiger partial charge is 0.151 e. The molecule has 1 atom stereocenters. The molecular formula is C7H15NO4S. The molecule has 1 aliphatic heterocycles. The molecular weight excluding hydrogens is 194 g/mol. The molecule has 0 aromatic rings. The summed E-state index contributed by atoms with van der Waals surface area (Å²) in [5.74, 6) is 0.317. The van der Waals surface area contributed by atoms with Crippen molar-refractivity contribution >= 4 is 9.84 Å². The SMILES string of the molecule is O=S1(=O)CCC(NC(CO)CO)C1. The predicted molar refractivity (Wildman–Crippen MR) is 48.2 cm³/mol. The normalized spacial score (nSPS) is 26.8. The van der Waals surface area contributed by atoms with E-state index >= 15 is 0 Å². The molecule has 0 aliphatic carbocycles. The lowest BCUT2D eigenvalue weighted by atomic mass is 10.2. The molecule has 1 fully saturated rings. The van der Waals surface area contributed by atoms with E-state index in [9.17, 15) is 8.42 Å². The first-order valence-electron chi connectivity index (χ1n) is 4.25. The Kier molecular flexibility index (Phi) is 3.66. The van der Waals surface area contributed by atoms with Crippen molar-refractivity contribution in [3.63, 3.8) is 0 Å². The monoisotopic (exact) mass is 209 g/mol. The van der Waals surface area contributed by atoms with Gasteiger partial charge in [-0.15, -0.1) is 0 Å². The van der Waals surface area contributed by atoms with Crippen molar-refractivity contribution in [1.29, 1.82) is 0 Å². The van der Waals surface area contributed by atoms with Crippen LogP contribution in [0.5, 0.6) is 0 Å². The van der Waals surface area contributed by atoms with Crippen molar-refractivity contribution in [2.75, 3.05) is 24.7 Å². The largest absolute Gasteiger partial charge is 0.395 e. The molecule has 5 nitrogen and oxygen atoms in total. The van der Waals surface area contributed by atoms with Gasteiger partial charge < -0.3 is 15.5 Å². The Morgan fingerprint density at radius 1 is 1.38 bits per heavy atom. The van der Waals surface area contributed by atoms with Gasteiger partial charge in [0.05, 0.1) is 30.8 Å². The first-order valence-corrected chi connectivity index (χ1v) is 6.07. The van der Waals surface area contributed by atoms with Gasteiger partial charge in [0.1, 0.15) is 0 Å². The fraction of sp³-hybridized carbons (Fsp3) is 1.00. The Bertz CT molecular complexity index is 247. The lowest BCUT2D eigenvalue weighted by Crippen LogP contribution is -2.43. The maximum atomic E-state index is 11.0. The molecule has 6 heteroatoms. The van der Waals surface area contributed by atoms with Gasteiger partial charge in [-0.3, -0.25) is 0 Å². The van der Waals surface area contributed by atoms with Crippen LogP contribution < -0.4 is 5.32 Å². The fourth-order valence-corrected chi connectivity index (χ4v) is 3.11. The van der Waals surface area contributed by atoms with Crippen molar-refractivity contribution in [3.05, 3.63) is 0 Å². The highest BCUT2D eigenvalue weighted by atomic mass is 32.2. The standard InChI is InChI=1S/C7H15NO4S/c9-3-7(4-10)8-6-1-2-13(11,12)5-6/h6-10H,1-5H2. The molecule has 0 bridgehead atoms. The van der Waals surface area contributed by atoms with Gasteiger partial charge in [0.15, 0.2) is 9.84 Å². The number of nitrogens with one attached hydrogen (secondary N) is 1. The number of sulfone groups is 1. The Morgan fingerprint density at radius 2 is 2.00 bits per heavy atom. The van der Waals surface area contributed by atoms with Crippen LogP contribution in [0.15, 0.2) is 0 Å². The number of hydrogen-bond donors (Lipinski definition) is 3. The van der Waals surface area contributed by atoms with Gasteiger partial charge in [0, 0.05) is 6.04 Å². The van der Waals surface area contributed by atoms with Crippen LogP contribution in [0.3, 0.4) is 0 Å². The van der Waals surface area contributed by atoms with Gasteiger partial charge in [-0.05, 0) is 6.42 Å². The number of rotatable bonds is 4. The highest BCUT2D eigenvalue weighted by molar-refractivity contribution is 7.91. The molecule has 0 radical (unpaired) electrons. The maximum Gasteiger partial charge on any atom is 0.151 e. The Labute approximate surface area is 77.7 Å². The van der Waals surface area contributed by atoms with E-state index in [2.05, 4.69) is 5.32 Å². The van der Waals surface area contributed by atoms with Crippen LogP contribution in [0.1, 0.15) is 6.42 Å². The molecule has 0 amide bonds. The van der Waals surface area contributed by atoms with Crippen LogP contribution in [-0.2, 0) is 9.84 Å². The van der Waals surface area contributed by atoms with Gasteiger partial charge in [-0.1, -0.05) is 0 Å². The van der Waals surface area contributed by atoms with E-state index in [1.165, 1.54) is 0 Å². The van der Waals surface area contributed by atoms with Crippen LogP contribution in [0.4, 0.5) is 0 Å². The van der Waals surface area contributed by atoms with E-state index in [1.807, 2.05) is 0 Å². The summed E-state index contributed by atoms with van der Waals surface area (Å²) >= 11 is 0. The minimum Gasteiger partial charge on any atom is -0.395 e. The summed E-state index contributed by atoms with van der Waals surface area (Å²) in [6.07, 6.45) is 0.568. The second-order valence-electron chi connectivity index (χ2n) is 3.33. The summed E-state index contributed by atoms with van der Waals surface area (Å²) in [5, 5.41) is 20.4. The van der Waals surface area contributed by atoms with E-state index in [0.717, 1.165) is 0 Å². The predicted octanol–water partition coefficient (Wildman–Crippen LogP) is -1.88.